The molecule has 2 aliphatic rings. The number of hydrogen-bond acceptors (Lipinski definition) is 3. The molecule has 4 nitrogen and oxygen atoms in total. The Morgan fingerprint density at radius 2 is 1.89 bits per heavy atom. The average molecular weight is 382 g/mol. The van der Waals surface area contributed by atoms with E-state index >= 15 is 0 Å². The molecule has 0 saturated carbocycles. The third-order valence-electron chi connectivity index (χ3n) is 5.36. The Kier molecular flexibility index (Phi) is 5.55. The van der Waals surface area contributed by atoms with Crippen LogP contribution in [0.2, 0.25) is 5.02 Å². The number of carbonyl (C=O) groups excluding carboxylic acids is 1. The maximum atomic E-state index is 12.2. The van der Waals surface area contributed by atoms with Crippen molar-refractivity contribution in [3.05, 3.63) is 58.6 Å². The van der Waals surface area contributed by atoms with Crippen molar-refractivity contribution in [3.63, 3.8) is 0 Å². The molecule has 4 rings (SSSR count). The van der Waals surface area contributed by atoms with Gasteiger partial charge in [-0.25, -0.2) is 0 Å². The van der Waals surface area contributed by atoms with Gasteiger partial charge in [-0.1, -0.05) is 30.2 Å². The number of nitrogens with one attached hydrogen (secondary N) is 1. The molecule has 0 aromatic heterocycles. The lowest BCUT2D eigenvalue weighted by molar-refractivity contribution is -0.115. The van der Waals surface area contributed by atoms with Gasteiger partial charge in [0, 0.05) is 23.5 Å². The van der Waals surface area contributed by atoms with Crippen molar-refractivity contribution in [1.29, 1.82) is 0 Å². The number of nitrogens with zero attached hydrogens (tertiary/aromatic N) is 2. The summed E-state index contributed by atoms with van der Waals surface area (Å²) in [6.07, 6.45) is 6.81. The van der Waals surface area contributed by atoms with Crippen molar-refractivity contribution in [2.45, 2.75) is 31.6 Å². The fourth-order valence-electron chi connectivity index (χ4n) is 3.78. The molecule has 1 atom stereocenters. The molecule has 0 bridgehead atoms. The molecule has 1 amide bonds. The maximum absolute atomic E-state index is 12.2. The molecule has 2 heterocycles. The van der Waals surface area contributed by atoms with Crippen LogP contribution in [0.3, 0.4) is 0 Å². The summed E-state index contributed by atoms with van der Waals surface area (Å²) in [4.78, 5) is 19.3. The lowest BCUT2D eigenvalue weighted by atomic mass is 10.0. The first-order valence-electron chi connectivity index (χ1n) is 9.65. The summed E-state index contributed by atoms with van der Waals surface area (Å²) in [7, 11) is 0. The summed E-state index contributed by atoms with van der Waals surface area (Å²) >= 11 is 6.07. The molecule has 1 N–H and O–H groups in total. The van der Waals surface area contributed by atoms with Crippen molar-refractivity contribution in [1.82, 2.24) is 4.90 Å². The second-order valence-electron chi connectivity index (χ2n) is 7.30. The van der Waals surface area contributed by atoms with Gasteiger partial charge < -0.3 is 10.2 Å². The van der Waals surface area contributed by atoms with Gasteiger partial charge in [-0.05, 0) is 73.8 Å². The van der Waals surface area contributed by atoms with Crippen molar-refractivity contribution in [2.24, 2.45) is 4.99 Å². The highest BCUT2D eigenvalue weighted by Gasteiger charge is 2.29. The van der Waals surface area contributed by atoms with E-state index in [1.165, 1.54) is 37.9 Å². The largest absolute Gasteiger partial charge is 0.325 e. The number of fused-ring (bicyclic) bond motifs is 1. The van der Waals surface area contributed by atoms with Crippen molar-refractivity contribution < 1.29 is 4.79 Å². The molecule has 0 spiro atoms. The molecule has 2 aromatic carbocycles. The van der Waals surface area contributed by atoms with Gasteiger partial charge in [-0.2, -0.15) is 0 Å². The summed E-state index contributed by atoms with van der Waals surface area (Å²) in [6, 6.07) is 13.8. The van der Waals surface area contributed by atoms with Gasteiger partial charge in [0.1, 0.15) is 5.92 Å². The summed E-state index contributed by atoms with van der Waals surface area (Å²) in [5.41, 5.74) is 3.89. The van der Waals surface area contributed by atoms with Crippen LogP contribution in [0, 0.1) is 0 Å². The highest BCUT2D eigenvalue weighted by atomic mass is 35.5. The Bertz CT molecular complexity index is 841. The first-order valence-corrected chi connectivity index (χ1v) is 10.0. The zero-order chi connectivity index (χ0) is 18.6. The average Bonchev–Trinajstić information content (AvgIpc) is 3.01. The standard InChI is InChI=1S/C22H24ClN3O/c23-17-6-9-21-19(14-17)20(22(27)25-21)15-24-18-7-4-16(5-8-18)10-13-26-11-2-1-3-12-26/h4-9,14-15,20H,1-3,10-13H2,(H,25,27). The molecule has 1 fully saturated rings. The van der Waals surface area contributed by atoms with Gasteiger partial charge in [0.2, 0.25) is 5.91 Å². The SMILES string of the molecule is O=C1Nc2ccc(Cl)cc2C1C=Nc1ccc(CCN2CCCCC2)cc1. The van der Waals surface area contributed by atoms with Gasteiger partial charge in [0.05, 0.1) is 5.69 Å². The number of amides is 1. The number of anilines is 1. The number of benzene rings is 2. The van der Waals surface area contributed by atoms with Gasteiger partial charge >= 0.3 is 0 Å². The molecule has 0 aliphatic carbocycles. The van der Waals surface area contributed by atoms with E-state index in [1.54, 1.807) is 12.3 Å². The van der Waals surface area contributed by atoms with Crippen LogP contribution in [-0.4, -0.2) is 36.7 Å². The van der Waals surface area contributed by atoms with Gasteiger partial charge in [0.25, 0.3) is 0 Å². The highest BCUT2D eigenvalue weighted by Crippen LogP contribution is 2.33. The first kappa shape index (κ1) is 18.2. The molecule has 27 heavy (non-hydrogen) atoms. The second-order valence-corrected chi connectivity index (χ2v) is 7.73. The molecule has 0 radical (unpaired) electrons. The number of piperidine rings is 1. The maximum Gasteiger partial charge on any atom is 0.237 e. The van der Waals surface area contributed by atoms with Gasteiger partial charge in [-0.3, -0.25) is 9.79 Å². The van der Waals surface area contributed by atoms with Crippen molar-refractivity contribution in [2.75, 3.05) is 25.0 Å². The predicted octanol–water partition coefficient (Wildman–Crippen LogP) is 4.81. The molecule has 2 aliphatic heterocycles. The van der Waals surface area contributed by atoms with Gasteiger partial charge in [-0.15, -0.1) is 0 Å². The normalized spacial score (nSPS) is 20.0. The van der Waals surface area contributed by atoms with Gasteiger partial charge in [0.15, 0.2) is 0 Å². The number of aliphatic imine (C=N–C) groups is 1. The quantitative estimate of drug-likeness (QED) is 0.755. The van der Waals surface area contributed by atoms with Crippen LogP contribution in [0.4, 0.5) is 11.4 Å². The Labute approximate surface area is 165 Å². The van der Waals surface area contributed by atoms with E-state index in [0.29, 0.717) is 5.02 Å². The molecule has 5 heteroatoms. The van der Waals surface area contributed by atoms with Crippen molar-refractivity contribution >= 4 is 35.1 Å². The Hall–Kier alpha value is -2.17. The second kappa shape index (κ2) is 8.24. The van der Waals surface area contributed by atoms with Crippen LogP contribution < -0.4 is 5.32 Å². The zero-order valence-electron chi connectivity index (χ0n) is 15.3. The number of rotatable bonds is 5. The predicted molar refractivity (Wildman–Crippen MR) is 111 cm³/mol. The van der Waals surface area contributed by atoms with E-state index in [4.69, 9.17) is 11.6 Å². The Morgan fingerprint density at radius 1 is 1.11 bits per heavy atom. The molecule has 2 aromatic rings. The molecule has 140 valence electrons. The minimum atomic E-state index is -0.391. The minimum absolute atomic E-state index is 0.0610. The fourth-order valence-corrected chi connectivity index (χ4v) is 3.96. The topological polar surface area (TPSA) is 44.7 Å². The van der Waals surface area contributed by atoms with E-state index in [-0.39, 0.29) is 5.91 Å². The lowest BCUT2D eigenvalue weighted by Crippen LogP contribution is -2.31. The third kappa shape index (κ3) is 4.40. The summed E-state index contributed by atoms with van der Waals surface area (Å²) in [6.45, 7) is 3.59. The van der Waals surface area contributed by atoms with Crippen LogP contribution in [0.1, 0.15) is 36.3 Å². The van der Waals surface area contributed by atoms with Crippen LogP contribution in [0.15, 0.2) is 47.5 Å². The Morgan fingerprint density at radius 3 is 2.67 bits per heavy atom. The number of halogens is 1. The number of hydrogen-bond donors (Lipinski definition) is 1. The van der Waals surface area contributed by atoms with Crippen LogP contribution >= 0.6 is 11.6 Å². The van der Waals surface area contributed by atoms with E-state index in [1.807, 2.05) is 24.3 Å². The lowest BCUT2D eigenvalue weighted by Gasteiger charge is -2.26. The minimum Gasteiger partial charge on any atom is -0.325 e. The van der Waals surface area contributed by atoms with E-state index in [2.05, 4.69) is 27.3 Å². The van der Waals surface area contributed by atoms with Crippen LogP contribution in [0.5, 0.6) is 0 Å². The number of likely N-dealkylation sites (tertiary alicyclic amines) is 1. The van der Waals surface area contributed by atoms with Crippen LogP contribution in [0.25, 0.3) is 0 Å². The smallest absolute Gasteiger partial charge is 0.237 e. The molecular weight excluding hydrogens is 358 g/mol. The zero-order valence-corrected chi connectivity index (χ0v) is 16.1. The molecular formula is C22H24ClN3O. The summed E-state index contributed by atoms with van der Waals surface area (Å²) in [5, 5.41) is 3.50. The van der Waals surface area contributed by atoms with Crippen molar-refractivity contribution in [3.8, 4) is 0 Å². The Balaban J connectivity index is 1.38. The third-order valence-corrected chi connectivity index (χ3v) is 5.60. The monoisotopic (exact) mass is 381 g/mol. The summed E-state index contributed by atoms with van der Waals surface area (Å²) in [5.74, 6) is -0.452. The fraction of sp³-hybridized carbons (Fsp3) is 0.364. The summed E-state index contributed by atoms with van der Waals surface area (Å²) < 4.78 is 0. The van der Waals surface area contributed by atoms with E-state index in [0.717, 1.165) is 29.9 Å². The first-order chi connectivity index (χ1) is 13.2. The highest BCUT2D eigenvalue weighted by molar-refractivity contribution is 6.31. The molecule has 1 saturated heterocycles. The molecule has 1 unspecified atom stereocenters. The van der Waals surface area contributed by atoms with E-state index in [9.17, 15) is 4.79 Å². The van der Waals surface area contributed by atoms with Crippen LogP contribution in [-0.2, 0) is 11.2 Å². The van der Waals surface area contributed by atoms with E-state index < -0.39 is 5.92 Å². The number of carbonyl (C=O) groups is 1.